The molecular formula is C10H10BrF2NOS. The molecule has 0 heterocycles. The van der Waals surface area contributed by atoms with E-state index < -0.39 is 21.4 Å². The SMILES string of the molecule is CN=S(=O)(c1ccc(Br)c(F)c1F)C1CC1. The Balaban J connectivity index is 2.65. The molecule has 2 rings (SSSR count). The average molecular weight is 310 g/mol. The van der Waals surface area contributed by atoms with Crippen molar-refractivity contribution >= 4 is 25.7 Å². The second-order valence-electron chi connectivity index (χ2n) is 3.62. The molecule has 0 bridgehead atoms. The number of nitrogens with zero attached hydrogens (tertiary/aromatic N) is 1. The molecule has 0 saturated heterocycles. The lowest BCUT2D eigenvalue weighted by molar-refractivity contribution is 0.484. The van der Waals surface area contributed by atoms with Crippen molar-refractivity contribution in [3.63, 3.8) is 0 Å². The molecule has 1 fully saturated rings. The summed E-state index contributed by atoms with van der Waals surface area (Å²) in [7, 11) is -1.40. The first kappa shape index (κ1) is 12.0. The lowest BCUT2D eigenvalue weighted by Crippen LogP contribution is -2.10. The van der Waals surface area contributed by atoms with E-state index in [1.165, 1.54) is 19.2 Å². The second kappa shape index (κ2) is 4.07. The first-order valence-electron chi connectivity index (χ1n) is 4.78. The molecule has 0 spiro atoms. The fourth-order valence-corrected chi connectivity index (χ4v) is 4.09. The topological polar surface area (TPSA) is 29.4 Å². The number of benzene rings is 1. The zero-order chi connectivity index (χ0) is 11.9. The highest BCUT2D eigenvalue weighted by Gasteiger charge is 2.37. The van der Waals surface area contributed by atoms with Gasteiger partial charge in [0.05, 0.1) is 19.1 Å². The molecule has 1 aliphatic carbocycles. The number of halogens is 3. The van der Waals surface area contributed by atoms with Gasteiger partial charge in [-0.25, -0.2) is 17.4 Å². The summed E-state index contributed by atoms with van der Waals surface area (Å²) in [5, 5.41) is -0.132. The molecule has 0 aromatic heterocycles. The monoisotopic (exact) mass is 309 g/mol. The third-order valence-electron chi connectivity index (χ3n) is 2.56. The van der Waals surface area contributed by atoms with E-state index in [0.29, 0.717) is 0 Å². The number of hydrogen-bond donors (Lipinski definition) is 0. The summed E-state index contributed by atoms with van der Waals surface area (Å²) in [6.45, 7) is 0. The molecule has 0 aliphatic heterocycles. The van der Waals surface area contributed by atoms with Crippen molar-refractivity contribution in [3.05, 3.63) is 28.2 Å². The van der Waals surface area contributed by atoms with Crippen LogP contribution in [0.4, 0.5) is 8.78 Å². The molecular weight excluding hydrogens is 300 g/mol. The zero-order valence-corrected chi connectivity index (χ0v) is 10.9. The summed E-state index contributed by atoms with van der Waals surface area (Å²) < 4.78 is 43.3. The third-order valence-corrected chi connectivity index (χ3v) is 6.04. The van der Waals surface area contributed by atoms with Gasteiger partial charge in [0.1, 0.15) is 0 Å². The molecule has 16 heavy (non-hydrogen) atoms. The van der Waals surface area contributed by atoms with Gasteiger partial charge in [-0.2, -0.15) is 0 Å². The molecule has 6 heteroatoms. The molecule has 1 aromatic rings. The fraction of sp³-hybridized carbons (Fsp3) is 0.400. The third kappa shape index (κ3) is 1.78. The molecule has 0 N–H and O–H groups in total. The highest BCUT2D eigenvalue weighted by molar-refractivity contribution is 9.10. The largest absolute Gasteiger partial charge is 0.244 e. The predicted octanol–water partition coefficient (Wildman–Crippen LogP) is 3.35. The van der Waals surface area contributed by atoms with Gasteiger partial charge in [-0.1, -0.05) is 0 Å². The standard InChI is InChI=1S/C10H10BrF2NOS/c1-14-16(15,6-2-3-6)8-5-4-7(11)9(12)10(8)13/h4-6H,2-3H2,1H3. The summed E-state index contributed by atoms with van der Waals surface area (Å²) in [4.78, 5) is -0.113. The first-order valence-corrected chi connectivity index (χ1v) is 7.15. The van der Waals surface area contributed by atoms with Crippen LogP contribution in [0.3, 0.4) is 0 Å². The minimum atomic E-state index is -2.79. The van der Waals surface area contributed by atoms with Gasteiger partial charge >= 0.3 is 0 Å². The van der Waals surface area contributed by atoms with E-state index in [2.05, 4.69) is 20.3 Å². The van der Waals surface area contributed by atoms with E-state index >= 15 is 0 Å². The van der Waals surface area contributed by atoms with Crippen LogP contribution in [0.1, 0.15) is 12.8 Å². The van der Waals surface area contributed by atoms with Crippen LogP contribution in [0.2, 0.25) is 0 Å². The summed E-state index contributed by atoms with van der Waals surface area (Å²) in [6, 6.07) is 2.71. The zero-order valence-electron chi connectivity index (χ0n) is 8.54. The highest BCUT2D eigenvalue weighted by atomic mass is 79.9. The van der Waals surface area contributed by atoms with Gasteiger partial charge in [0.25, 0.3) is 0 Å². The van der Waals surface area contributed by atoms with Crippen molar-refractivity contribution in [2.24, 2.45) is 4.36 Å². The Hall–Kier alpha value is -0.490. The Morgan fingerprint density at radius 3 is 2.50 bits per heavy atom. The van der Waals surface area contributed by atoms with Crippen LogP contribution < -0.4 is 0 Å². The lowest BCUT2D eigenvalue weighted by atomic mass is 10.3. The van der Waals surface area contributed by atoms with Crippen molar-refractivity contribution in [1.82, 2.24) is 0 Å². The second-order valence-corrected chi connectivity index (χ2v) is 7.09. The van der Waals surface area contributed by atoms with Gasteiger partial charge in [0.15, 0.2) is 11.6 Å². The van der Waals surface area contributed by atoms with Crippen LogP contribution in [0, 0.1) is 11.6 Å². The van der Waals surface area contributed by atoms with E-state index in [1.54, 1.807) is 0 Å². The normalized spacial score (nSPS) is 19.2. The Labute approximate surface area is 101 Å². The smallest absolute Gasteiger partial charge is 0.176 e. The van der Waals surface area contributed by atoms with Crippen molar-refractivity contribution in [2.45, 2.75) is 23.0 Å². The molecule has 1 aromatic carbocycles. The Morgan fingerprint density at radius 2 is 2.00 bits per heavy atom. The maximum absolute atomic E-state index is 13.7. The van der Waals surface area contributed by atoms with E-state index in [-0.39, 0.29) is 14.6 Å². The van der Waals surface area contributed by atoms with E-state index in [0.717, 1.165) is 12.8 Å². The van der Waals surface area contributed by atoms with Gasteiger partial charge in [-0.15, -0.1) is 0 Å². The maximum Gasteiger partial charge on any atom is 0.176 e. The Bertz CT molecular complexity index is 548. The summed E-state index contributed by atoms with van der Waals surface area (Å²) in [6.07, 6.45) is 1.51. The van der Waals surface area contributed by atoms with E-state index in [1.807, 2.05) is 0 Å². The minimum Gasteiger partial charge on any atom is -0.244 e. The first-order chi connectivity index (χ1) is 7.50. The van der Waals surface area contributed by atoms with Gasteiger partial charge in [-0.3, -0.25) is 0 Å². The molecule has 0 radical (unpaired) electrons. The van der Waals surface area contributed by atoms with Crippen LogP contribution in [-0.4, -0.2) is 16.5 Å². The lowest BCUT2D eigenvalue weighted by Gasteiger charge is -2.10. The number of rotatable bonds is 2. The molecule has 0 amide bonds. The minimum absolute atomic E-state index is 0.0300. The Morgan fingerprint density at radius 1 is 1.38 bits per heavy atom. The predicted molar refractivity (Wildman–Crippen MR) is 61.8 cm³/mol. The number of hydrogen-bond acceptors (Lipinski definition) is 2. The molecule has 1 aliphatic rings. The highest BCUT2D eigenvalue weighted by Crippen LogP contribution is 2.37. The fourth-order valence-electron chi connectivity index (χ4n) is 1.55. The van der Waals surface area contributed by atoms with Crippen LogP contribution >= 0.6 is 15.9 Å². The van der Waals surface area contributed by atoms with Crippen LogP contribution in [0.5, 0.6) is 0 Å². The summed E-state index contributed by atoms with van der Waals surface area (Å²) in [5.41, 5.74) is 0. The van der Waals surface area contributed by atoms with E-state index in [9.17, 15) is 13.0 Å². The summed E-state index contributed by atoms with van der Waals surface area (Å²) in [5.74, 6) is -2.06. The molecule has 1 saturated carbocycles. The van der Waals surface area contributed by atoms with Crippen LogP contribution in [-0.2, 0) is 9.73 Å². The molecule has 88 valence electrons. The maximum atomic E-state index is 13.7. The van der Waals surface area contributed by atoms with Crippen LogP contribution in [0.15, 0.2) is 25.9 Å². The molecule has 1 atom stereocenters. The van der Waals surface area contributed by atoms with Crippen molar-refractivity contribution in [1.29, 1.82) is 0 Å². The quantitative estimate of drug-likeness (QED) is 0.770. The van der Waals surface area contributed by atoms with Gasteiger partial charge < -0.3 is 0 Å². The van der Waals surface area contributed by atoms with Crippen molar-refractivity contribution < 1.29 is 13.0 Å². The van der Waals surface area contributed by atoms with Crippen LogP contribution in [0.25, 0.3) is 0 Å². The summed E-state index contributed by atoms with van der Waals surface area (Å²) >= 11 is 2.88. The van der Waals surface area contributed by atoms with Crippen molar-refractivity contribution in [2.75, 3.05) is 7.05 Å². The van der Waals surface area contributed by atoms with E-state index in [4.69, 9.17) is 0 Å². The molecule has 1 unspecified atom stereocenters. The Kier molecular flexibility index (Phi) is 3.05. The van der Waals surface area contributed by atoms with Gasteiger partial charge in [0, 0.05) is 12.3 Å². The van der Waals surface area contributed by atoms with Gasteiger partial charge in [0.2, 0.25) is 0 Å². The molecule has 2 nitrogen and oxygen atoms in total. The van der Waals surface area contributed by atoms with Crippen molar-refractivity contribution in [3.8, 4) is 0 Å². The van der Waals surface area contributed by atoms with Gasteiger partial charge in [-0.05, 0) is 40.9 Å². The average Bonchev–Trinajstić information content (AvgIpc) is 3.09.